The fraction of sp³-hybridized carbons (Fsp3) is 0.0172. The van der Waals surface area contributed by atoms with Gasteiger partial charge in [0.2, 0.25) is 0 Å². The molecule has 0 bridgehead atoms. The predicted octanol–water partition coefficient (Wildman–Crippen LogP) is 14.7. The maximum absolute atomic E-state index is 5.55. The van der Waals surface area contributed by atoms with Crippen LogP contribution < -0.4 is 0 Å². The summed E-state index contributed by atoms with van der Waals surface area (Å²) in [5.41, 5.74) is 19.7. The molecule has 3 heterocycles. The molecule has 60 heavy (non-hydrogen) atoms. The van der Waals surface area contributed by atoms with Crippen LogP contribution in [0.3, 0.4) is 0 Å². The van der Waals surface area contributed by atoms with Gasteiger partial charge in [0, 0.05) is 21.9 Å². The van der Waals surface area contributed by atoms with Crippen LogP contribution in [0.25, 0.3) is 94.2 Å². The van der Waals surface area contributed by atoms with E-state index in [1.807, 2.05) is 0 Å². The Morgan fingerprint density at radius 3 is 1.87 bits per heavy atom. The first-order chi connectivity index (χ1) is 29.8. The smallest absolute Gasteiger partial charge is 0.0754 e. The molecule has 0 fully saturated rings. The second-order valence-corrected chi connectivity index (χ2v) is 16.2. The zero-order valence-electron chi connectivity index (χ0n) is 32.7. The van der Waals surface area contributed by atoms with E-state index in [0.29, 0.717) is 0 Å². The second kappa shape index (κ2) is 12.6. The molecule has 0 saturated heterocycles. The molecular weight excluding hydrogens is 725 g/mol. The van der Waals surface area contributed by atoms with Crippen LogP contribution in [0.4, 0.5) is 0 Å². The maximum Gasteiger partial charge on any atom is 0.0754 e. The van der Waals surface area contributed by atoms with Gasteiger partial charge in [-0.2, -0.15) is 0 Å². The summed E-state index contributed by atoms with van der Waals surface area (Å²) in [6.07, 6.45) is 0. The van der Waals surface area contributed by atoms with Crippen LogP contribution in [0, 0.1) is 0 Å². The predicted molar refractivity (Wildman–Crippen MR) is 249 cm³/mol. The summed E-state index contributed by atoms with van der Waals surface area (Å²) in [6.45, 7) is 0. The molecule has 2 heteroatoms. The highest BCUT2D eigenvalue weighted by Crippen LogP contribution is 2.63. The van der Waals surface area contributed by atoms with Crippen LogP contribution in [-0.2, 0) is 5.41 Å². The van der Waals surface area contributed by atoms with E-state index in [0.717, 1.165) is 28.1 Å². The molecule has 0 N–H and O–H groups in total. The summed E-state index contributed by atoms with van der Waals surface area (Å²) >= 11 is 0. The number of fused-ring (bicyclic) bond motifs is 13. The maximum atomic E-state index is 5.55. The van der Waals surface area contributed by atoms with Crippen LogP contribution >= 0.6 is 0 Å². The van der Waals surface area contributed by atoms with Crippen molar-refractivity contribution in [2.45, 2.75) is 5.41 Å². The fourth-order valence-corrected chi connectivity index (χ4v) is 10.7. The minimum Gasteiger partial charge on any atom is -0.309 e. The van der Waals surface area contributed by atoms with E-state index in [4.69, 9.17) is 4.98 Å². The third kappa shape index (κ3) is 4.50. The van der Waals surface area contributed by atoms with Crippen molar-refractivity contribution in [3.8, 4) is 61.6 Å². The van der Waals surface area contributed by atoms with E-state index < -0.39 is 5.41 Å². The number of hydrogen-bond acceptors (Lipinski definition) is 1. The SMILES string of the molecule is c1ccc(-c2cc(-c3ccccc3)nc(-c3cccc4c3-c3cc(-c5cccc6ccccc56)ccc3C43c4ccccc4-n4c5ccccc5c5cccc3c54)c2)cc1. The molecule has 0 radical (unpaired) electrons. The molecule has 2 aromatic heterocycles. The number of rotatable bonds is 4. The first kappa shape index (κ1) is 33.2. The summed E-state index contributed by atoms with van der Waals surface area (Å²) in [6, 6.07) is 80.4. The van der Waals surface area contributed by atoms with Gasteiger partial charge in [-0.25, -0.2) is 4.98 Å². The quantitative estimate of drug-likeness (QED) is 0.175. The van der Waals surface area contributed by atoms with Crippen molar-refractivity contribution in [3.63, 3.8) is 0 Å². The molecule has 0 amide bonds. The topological polar surface area (TPSA) is 17.8 Å². The van der Waals surface area contributed by atoms with Crippen molar-refractivity contribution < 1.29 is 0 Å². The fourth-order valence-electron chi connectivity index (χ4n) is 10.7. The Hall–Kier alpha value is -7.81. The van der Waals surface area contributed by atoms with Gasteiger partial charge >= 0.3 is 0 Å². The minimum atomic E-state index is -0.586. The molecule has 11 aromatic rings. The van der Waals surface area contributed by atoms with E-state index in [-0.39, 0.29) is 0 Å². The van der Waals surface area contributed by atoms with Gasteiger partial charge in [-0.1, -0.05) is 188 Å². The van der Waals surface area contributed by atoms with Gasteiger partial charge in [-0.05, 0) is 96.7 Å². The first-order valence-electron chi connectivity index (χ1n) is 20.8. The zero-order chi connectivity index (χ0) is 39.4. The lowest BCUT2D eigenvalue weighted by Gasteiger charge is -2.39. The molecule has 1 aliphatic carbocycles. The number of benzene rings is 9. The van der Waals surface area contributed by atoms with Gasteiger partial charge < -0.3 is 4.57 Å². The number of para-hydroxylation sites is 3. The molecule has 1 aliphatic heterocycles. The number of nitrogens with zero attached hydrogens (tertiary/aromatic N) is 2. The zero-order valence-corrected chi connectivity index (χ0v) is 32.7. The molecular formula is C58H36N2. The molecule has 9 aromatic carbocycles. The van der Waals surface area contributed by atoms with Crippen molar-refractivity contribution in [2.75, 3.05) is 0 Å². The molecule has 2 aliphatic rings. The standard InChI is InChI=1S/C58H36N2/c1-3-16-37(17-4-1)41-35-52(39-19-5-2-6-20-39)59-53(36-41)46-26-15-28-50-56(46)47-34-40(43-24-13-21-38-18-7-8-22-42(38)43)32-33-48(47)58(50)49-27-10-12-31-55(49)60-54-30-11-9-23-44(54)45-25-14-29-51(58)57(45)60/h1-36H. The molecule has 0 saturated carbocycles. The Balaban J connectivity index is 1.17. The molecule has 2 nitrogen and oxygen atoms in total. The third-order valence-electron chi connectivity index (χ3n) is 13.2. The Morgan fingerprint density at radius 2 is 0.983 bits per heavy atom. The van der Waals surface area contributed by atoms with E-state index in [1.165, 1.54) is 88.3 Å². The van der Waals surface area contributed by atoms with E-state index in [1.54, 1.807) is 0 Å². The van der Waals surface area contributed by atoms with E-state index >= 15 is 0 Å². The third-order valence-corrected chi connectivity index (χ3v) is 13.2. The lowest BCUT2D eigenvalue weighted by molar-refractivity contribution is 0.748. The molecule has 13 rings (SSSR count). The van der Waals surface area contributed by atoms with Crippen LogP contribution in [0.1, 0.15) is 22.3 Å². The van der Waals surface area contributed by atoms with Crippen LogP contribution in [0.5, 0.6) is 0 Å². The van der Waals surface area contributed by atoms with Crippen molar-refractivity contribution in [1.29, 1.82) is 0 Å². The monoisotopic (exact) mass is 760 g/mol. The van der Waals surface area contributed by atoms with Crippen LogP contribution in [-0.4, -0.2) is 9.55 Å². The van der Waals surface area contributed by atoms with Crippen LogP contribution in [0.15, 0.2) is 218 Å². The summed E-state index contributed by atoms with van der Waals surface area (Å²) in [5, 5.41) is 5.04. The highest BCUT2D eigenvalue weighted by atomic mass is 15.0. The summed E-state index contributed by atoms with van der Waals surface area (Å²) in [5.74, 6) is 0. The van der Waals surface area contributed by atoms with Gasteiger partial charge in [-0.15, -0.1) is 0 Å². The number of pyridine rings is 1. The van der Waals surface area contributed by atoms with Gasteiger partial charge in [-0.3, -0.25) is 0 Å². The molecule has 278 valence electrons. The van der Waals surface area contributed by atoms with Gasteiger partial charge in [0.15, 0.2) is 0 Å². The van der Waals surface area contributed by atoms with Crippen molar-refractivity contribution in [3.05, 3.63) is 241 Å². The average molecular weight is 761 g/mol. The second-order valence-electron chi connectivity index (χ2n) is 16.2. The Labute approximate surface area is 348 Å². The normalized spacial score (nSPS) is 14.7. The summed E-state index contributed by atoms with van der Waals surface area (Å²) < 4.78 is 2.52. The number of hydrogen-bond donors (Lipinski definition) is 0. The molecule has 1 atom stereocenters. The van der Waals surface area contributed by atoms with E-state index in [2.05, 4.69) is 223 Å². The highest BCUT2D eigenvalue weighted by Gasteiger charge is 2.51. The lowest BCUT2D eigenvalue weighted by atomic mass is 9.65. The van der Waals surface area contributed by atoms with Gasteiger partial charge in [0.1, 0.15) is 0 Å². The Kier molecular flexibility index (Phi) is 6.97. The Morgan fingerprint density at radius 1 is 0.350 bits per heavy atom. The molecule has 1 unspecified atom stereocenters. The van der Waals surface area contributed by atoms with Gasteiger partial charge in [0.05, 0.1) is 33.5 Å². The highest BCUT2D eigenvalue weighted by molar-refractivity contribution is 6.13. The van der Waals surface area contributed by atoms with Crippen molar-refractivity contribution in [2.24, 2.45) is 0 Å². The summed E-state index contributed by atoms with van der Waals surface area (Å²) in [7, 11) is 0. The lowest BCUT2D eigenvalue weighted by Crippen LogP contribution is -2.33. The minimum absolute atomic E-state index is 0.586. The van der Waals surface area contributed by atoms with Gasteiger partial charge in [0.25, 0.3) is 0 Å². The number of aromatic nitrogens is 2. The summed E-state index contributed by atoms with van der Waals surface area (Å²) in [4.78, 5) is 5.55. The largest absolute Gasteiger partial charge is 0.309 e. The van der Waals surface area contributed by atoms with Crippen LogP contribution in [0.2, 0.25) is 0 Å². The first-order valence-corrected chi connectivity index (χ1v) is 20.8. The van der Waals surface area contributed by atoms with Crippen molar-refractivity contribution >= 4 is 32.6 Å². The Bertz CT molecular complexity index is 3480. The average Bonchev–Trinajstić information content (AvgIpc) is 3.82. The van der Waals surface area contributed by atoms with Crippen molar-refractivity contribution in [1.82, 2.24) is 9.55 Å². The van der Waals surface area contributed by atoms with E-state index in [9.17, 15) is 0 Å². The molecule has 1 spiro atoms.